The predicted octanol–water partition coefficient (Wildman–Crippen LogP) is 3.05. The summed E-state index contributed by atoms with van der Waals surface area (Å²) in [5.74, 6) is 0.366. The van der Waals surface area contributed by atoms with Crippen LogP contribution in [-0.4, -0.2) is 24.9 Å². The minimum atomic E-state index is -3.57. The molecule has 1 aromatic rings. The Morgan fingerprint density at radius 2 is 2.00 bits per heavy atom. The molecule has 3 nitrogen and oxygen atoms in total. The lowest BCUT2D eigenvalue weighted by atomic mass is 9.85. The first-order valence-electron chi connectivity index (χ1n) is 6.63. The number of sulfone groups is 1. The van der Waals surface area contributed by atoms with Crippen molar-refractivity contribution in [2.45, 2.75) is 48.9 Å². The Balaban J connectivity index is 2.36. The van der Waals surface area contributed by atoms with Crippen LogP contribution in [0, 0.1) is 5.92 Å². The van der Waals surface area contributed by atoms with Gasteiger partial charge in [0.05, 0.1) is 21.3 Å². The zero-order chi connectivity index (χ0) is 14.0. The molecular weight excluding hydrogens is 284 g/mol. The van der Waals surface area contributed by atoms with Crippen molar-refractivity contribution in [2.75, 3.05) is 0 Å². The summed E-state index contributed by atoms with van der Waals surface area (Å²) >= 11 is 5.99. The monoisotopic (exact) mass is 302 g/mol. The molecule has 0 heterocycles. The standard InChI is InChI=1S/C14H19ClO3S/c1-2-10-7-8-12(16)14(9-10)19(17,18)13-6-4-3-5-11(13)15/h3-6,10,12,14,16H,2,7-9H2,1H3. The van der Waals surface area contributed by atoms with E-state index in [1.807, 2.05) is 0 Å². The number of aliphatic hydroxyl groups excluding tert-OH is 1. The van der Waals surface area contributed by atoms with E-state index in [-0.39, 0.29) is 9.92 Å². The molecule has 0 radical (unpaired) electrons. The molecule has 1 aliphatic carbocycles. The summed E-state index contributed by atoms with van der Waals surface area (Å²) in [7, 11) is -3.57. The molecule has 0 aliphatic heterocycles. The van der Waals surface area contributed by atoms with E-state index < -0.39 is 21.2 Å². The number of aliphatic hydroxyl groups is 1. The van der Waals surface area contributed by atoms with Crippen LogP contribution in [-0.2, 0) is 9.84 Å². The number of benzene rings is 1. The van der Waals surface area contributed by atoms with Crippen LogP contribution in [0.2, 0.25) is 5.02 Å². The molecule has 106 valence electrons. The molecule has 2 rings (SSSR count). The first kappa shape index (κ1) is 14.8. The summed E-state index contributed by atoms with van der Waals surface area (Å²) in [4.78, 5) is 0.137. The molecule has 1 fully saturated rings. The highest BCUT2D eigenvalue weighted by molar-refractivity contribution is 7.92. The zero-order valence-electron chi connectivity index (χ0n) is 10.9. The summed E-state index contributed by atoms with van der Waals surface area (Å²) in [5.41, 5.74) is 0. The fraction of sp³-hybridized carbons (Fsp3) is 0.571. The molecule has 3 atom stereocenters. The molecule has 1 N–H and O–H groups in total. The van der Waals surface area contributed by atoms with Crippen LogP contribution in [0.1, 0.15) is 32.6 Å². The van der Waals surface area contributed by atoms with Crippen LogP contribution in [0.25, 0.3) is 0 Å². The first-order chi connectivity index (χ1) is 8.96. The smallest absolute Gasteiger partial charge is 0.185 e. The van der Waals surface area contributed by atoms with Crippen molar-refractivity contribution in [1.82, 2.24) is 0 Å². The normalized spacial score (nSPS) is 28.3. The molecule has 1 aromatic carbocycles. The average Bonchev–Trinajstić information content (AvgIpc) is 2.39. The minimum absolute atomic E-state index is 0.137. The largest absolute Gasteiger partial charge is 0.392 e. The third-order valence-electron chi connectivity index (χ3n) is 3.98. The number of rotatable bonds is 3. The Bertz CT molecular complexity index is 541. The maximum atomic E-state index is 12.6. The highest BCUT2D eigenvalue weighted by atomic mass is 35.5. The van der Waals surface area contributed by atoms with Gasteiger partial charge in [0, 0.05) is 0 Å². The van der Waals surface area contributed by atoms with Crippen molar-refractivity contribution in [1.29, 1.82) is 0 Å². The van der Waals surface area contributed by atoms with Gasteiger partial charge in [0.25, 0.3) is 0 Å². The summed E-state index contributed by atoms with van der Waals surface area (Å²) in [6, 6.07) is 6.44. The van der Waals surface area contributed by atoms with E-state index in [2.05, 4.69) is 6.92 Å². The Morgan fingerprint density at radius 3 is 2.63 bits per heavy atom. The average molecular weight is 303 g/mol. The van der Waals surface area contributed by atoms with E-state index in [9.17, 15) is 13.5 Å². The Morgan fingerprint density at radius 1 is 1.32 bits per heavy atom. The van der Waals surface area contributed by atoms with Gasteiger partial charge < -0.3 is 5.11 Å². The molecule has 1 saturated carbocycles. The van der Waals surface area contributed by atoms with Crippen LogP contribution >= 0.6 is 11.6 Å². The second-order valence-electron chi connectivity index (χ2n) is 5.17. The fourth-order valence-corrected chi connectivity index (χ4v) is 5.21. The molecule has 0 aromatic heterocycles. The Hall–Kier alpha value is -0.580. The second-order valence-corrected chi connectivity index (χ2v) is 7.71. The van der Waals surface area contributed by atoms with E-state index >= 15 is 0 Å². The van der Waals surface area contributed by atoms with E-state index in [1.54, 1.807) is 18.2 Å². The topological polar surface area (TPSA) is 54.4 Å². The fourth-order valence-electron chi connectivity index (χ4n) is 2.74. The van der Waals surface area contributed by atoms with Gasteiger partial charge in [-0.1, -0.05) is 37.1 Å². The minimum Gasteiger partial charge on any atom is -0.392 e. The summed E-state index contributed by atoms with van der Waals surface area (Å²) in [6.07, 6.45) is 2.12. The van der Waals surface area contributed by atoms with E-state index in [0.29, 0.717) is 18.8 Å². The highest BCUT2D eigenvalue weighted by Gasteiger charge is 2.39. The third kappa shape index (κ3) is 2.96. The molecule has 19 heavy (non-hydrogen) atoms. The van der Waals surface area contributed by atoms with Crippen LogP contribution in [0.5, 0.6) is 0 Å². The van der Waals surface area contributed by atoms with Gasteiger partial charge in [0.1, 0.15) is 0 Å². The molecule has 0 spiro atoms. The maximum Gasteiger partial charge on any atom is 0.185 e. The SMILES string of the molecule is CCC1CCC(O)C(S(=O)(=O)c2ccccc2Cl)C1. The maximum absolute atomic E-state index is 12.6. The zero-order valence-corrected chi connectivity index (χ0v) is 12.5. The van der Waals surface area contributed by atoms with E-state index in [4.69, 9.17) is 11.6 Å². The van der Waals surface area contributed by atoms with Crippen molar-refractivity contribution in [3.05, 3.63) is 29.3 Å². The second kappa shape index (κ2) is 5.81. The van der Waals surface area contributed by atoms with Crippen molar-refractivity contribution in [2.24, 2.45) is 5.92 Å². The van der Waals surface area contributed by atoms with Crippen LogP contribution in [0.4, 0.5) is 0 Å². The summed E-state index contributed by atoms with van der Waals surface area (Å²) in [5, 5.41) is 9.55. The lowest BCUT2D eigenvalue weighted by Gasteiger charge is -2.32. The van der Waals surface area contributed by atoms with Gasteiger partial charge in [-0.2, -0.15) is 0 Å². The summed E-state index contributed by atoms with van der Waals surface area (Å²) < 4.78 is 25.3. The molecule has 3 unspecified atom stereocenters. The van der Waals surface area contributed by atoms with Crippen molar-refractivity contribution < 1.29 is 13.5 Å². The van der Waals surface area contributed by atoms with Crippen molar-refractivity contribution >= 4 is 21.4 Å². The molecule has 1 aliphatic rings. The van der Waals surface area contributed by atoms with Gasteiger partial charge in [-0.05, 0) is 37.3 Å². The third-order valence-corrected chi connectivity index (χ3v) is 6.70. The number of hydrogen-bond acceptors (Lipinski definition) is 3. The molecule has 0 amide bonds. The van der Waals surface area contributed by atoms with Crippen molar-refractivity contribution in [3.8, 4) is 0 Å². The highest BCUT2D eigenvalue weighted by Crippen LogP contribution is 2.35. The van der Waals surface area contributed by atoms with Crippen LogP contribution < -0.4 is 0 Å². The van der Waals surface area contributed by atoms with Gasteiger partial charge in [-0.25, -0.2) is 8.42 Å². The van der Waals surface area contributed by atoms with E-state index in [1.165, 1.54) is 6.07 Å². The van der Waals surface area contributed by atoms with Crippen molar-refractivity contribution in [3.63, 3.8) is 0 Å². The first-order valence-corrected chi connectivity index (χ1v) is 8.55. The van der Waals surface area contributed by atoms with Crippen LogP contribution in [0.15, 0.2) is 29.2 Å². The van der Waals surface area contributed by atoms with Crippen LogP contribution in [0.3, 0.4) is 0 Å². The van der Waals surface area contributed by atoms with Gasteiger partial charge >= 0.3 is 0 Å². The lowest BCUT2D eigenvalue weighted by Crippen LogP contribution is -2.39. The number of halogens is 1. The summed E-state index contributed by atoms with van der Waals surface area (Å²) in [6.45, 7) is 2.06. The molecule has 0 saturated heterocycles. The Labute approximate surface area is 119 Å². The lowest BCUT2D eigenvalue weighted by molar-refractivity contribution is 0.111. The van der Waals surface area contributed by atoms with Gasteiger partial charge in [-0.15, -0.1) is 0 Å². The van der Waals surface area contributed by atoms with Gasteiger partial charge in [0.2, 0.25) is 0 Å². The molecular formula is C14H19ClO3S. The molecule has 5 heteroatoms. The van der Waals surface area contributed by atoms with Gasteiger partial charge in [0.15, 0.2) is 9.84 Å². The number of hydrogen-bond donors (Lipinski definition) is 1. The molecule has 0 bridgehead atoms. The predicted molar refractivity (Wildman–Crippen MR) is 76.1 cm³/mol. The van der Waals surface area contributed by atoms with Gasteiger partial charge in [-0.3, -0.25) is 0 Å². The van der Waals surface area contributed by atoms with E-state index in [0.717, 1.165) is 12.8 Å². The quantitative estimate of drug-likeness (QED) is 0.933. The Kier molecular flexibility index (Phi) is 4.54.